The number of hydrogen-bond acceptors (Lipinski definition) is 3. The van der Waals surface area contributed by atoms with Crippen LogP contribution in [0.4, 0.5) is 0 Å². The topological polar surface area (TPSA) is 58.2 Å². The Labute approximate surface area is 113 Å². The number of H-pyrrole nitrogens is 1. The molecule has 1 amide bonds. The second-order valence-corrected chi connectivity index (χ2v) is 5.99. The van der Waals surface area contributed by atoms with Crippen molar-refractivity contribution in [2.24, 2.45) is 11.8 Å². The summed E-state index contributed by atoms with van der Waals surface area (Å²) in [6.45, 7) is 7.31. The van der Waals surface area contributed by atoms with Gasteiger partial charge < -0.3 is 9.64 Å². The van der Waals surface area contributed by atoms with Crippen molar-refractivity contribution in [1.29, 1.82) is 0 Å². The molecule has 2 unspecified atom stereocenters. The van der Waals surface area contributed by atoms with Crippen LogP contribution >= 0.6 is 0 Å². The maximum atomic E-state index is 12.6. The molecule has 3 heterocycles. The third-order valence-corrected chi connectivity index (χ3v) is 4.05. The van der Waals surface area contributed by atoms with Gasteiger partial charge in [-0.3, -0.25) is 9.89 Å². The van der Waals surface area contributed by atoms with Crippen LogP contribution in [-0.4, -0.2) is 40.7 Å². The van der Waals surface area contributed by atoms with Crippen LogP contribution in [0.25, 0.3) is 0 Å². The molecule has 19 heavy (non-hydrogen) atoms. The summed E-state index contributed by atoms with van der Waals surface area (Å²) in [5.74, 6) is 1.19. The van der Waals surface area contributed by atoms with E-state index in [1.807, 2.05) is 4.90 Å². The third-order valence-electron chi connectivity index (χ3n) is 4.05. The minimum absolute atomic E-state index is 0.0569. The molecular formula is C14H21N3O2. The van der Waals surface area contributed by atoms with Crippen LogP contribution in [0.3, 0.4) is 0 Å². The lowest BCUT2D eigenvalue weighted by molar-refractivity contribution is 0.0607. The summed E-state index contributed by atoms with van der Waals surface area (Å²) in [5.41, 5.74) is 2.59. The molecule has 0 aromatic carbocycles. The van der Waals surface area contributed by atoms with Crippen molar-refractivity contribution in [1.82, 2.24) is 15.1 Å². The molecule has 0 bridgehead atoms. The molecular weight excluding hydrogens is 242 g/mol. The molecule has 0 spiro atoms. The molecule has 1 aromatic rings. The van der Waals surface area contributed by atoms with Crippen LogP contribution in [0.2, 0.25) is 0 Å². The summed E-state index contributed by atoms with van der Waals surface area (Å²) in [5, 5.41) is 7.22. The molecule has 1 saturated heterocycles. The summed E-state index contributed by atoms with van der Waals surface area (Å²) in [4.78, 5) is 14.6. The van der Waals surface area contributed by atoms with Crippen molar-refractivity contribution < 1.29 is 9.53 Å². The van der Waals surface area contributed by atoms with Crippen molar-refractivity contribution in [2.45, 2.75) is 33.3 Å². The molecule has 5 heteroatoms. The Kier molecular flexibility index (Phi) is 3.31. The summed E-state index contributed by atoms with van der Waals surface area (Å²) in [6.07, 6.45) is 2.02. The van der Waals surface area contributed by atoms with Crippen LogP contribution < -0.4 is 0 Å². The van der Waals surface area contributed by atoms with Crippen LogP contribution in [0.1, 0.15) is 42.0 Å². The summed E-state index contributed by atoms with van der Waals surface area (Å²) in [7, 11) is 0. The molecule has 1 fully saturated rings. The zero-order valence-corrected chi connectivity index (χ0v) is 11.6. The van der Waals surface area contributed by atoms with Crippen molar-refractivity contribution in [3.63, 3.8) is 0 Å². The summed E-state index contributed by atoms with van der Waals surface area (Å²) in [6, 6.07) is 0. The first-order valence-corrected chi connectivity index (χ1v) is 7.08. The lowest BCUT2D eigenvalue weighted by atomic mass is 9.91. The zero-order valence-electron chi connectivity index (χ0n) is 11.6. The lowest BCUT2D eigenvalue weighted by Crippen LogP contribution is -2.43. The van der Waals surface area contributed by atoms with E-state index < -0.39 is 0 Å². The Morgan fingerprint density at radius 3 is 2.84 bits per heavy atom. The number of piperidine rings is 1. The SMILES string of the molecule is CC1CC(C)CN(C(=O)c2n[nH]c3c2COCC3)C1. The number of nitrogens with zero attached hydrogens (tertiary/aromatic N) is 2. The Balaban J connectivity index is 1.82. The van der Waals surface area contributed by atoms with E-state index in [2.05, 4.69) is 24.0 Å². The van der Waals surface area contributed by atoms with Gasteiger partial charge in [0.2, 0.25) is 0 Å². The number of rotatable bonds is 1. The Morgan fingerprint density at radius 2 is 2.11 bits per heavy atom. The second kappa shape index (κ2) is 4.96. The quantitative estimate of drug-likeness (QED) is 0.837. The summed E-state index contributed by atoms with van der Waals surface area (Å²) >= 11 is 0. The van der Waals surface area contributed by atoms with E-state index >= 15 is 0 Å². The van der Waals surface area contributed by atoms with Crippen LogP contribution in [-0.2, 0) is 17.8 Å². The van der Waals surface area contributed by atoms with Crippen molar-refractivity contribution in [3.8, 4) is 0 Å². The maximum absolute atomic E-state index is 12.6. The highest BCUT2D eigenvalue weighted by Crippen LogP contribution is 2.24. The molecule has 2 aliphatic heterocycles. The van der Waals surface area contributed by atoms with Gasteiger partial charge in [0.05, 0.1) is 13.2 Å². The zero-order chi connectivity index (χ0) is 13.4. The van der Waals surface area contributed by atoms with Gasteiger partial charge in [-0.25, -0.2) is 0 Å². The van der Waals surface area contributed by atoms with E-state index in [1.165, 1.54) is 6.42 Å². The number of carbonyl (C=O) groups is 1. The number of nitrogens with one attached hydrogen (secondary N) is 1. The van der Waals surface area contributed by atoms with Crippen molar-refractivity contribution in [3.05, 3.63) is 17.0 Å². The fraction of sp³-hybridized carbons (Fsp3) is 0.714. The fourth-order valence-electron chi connectivity index (χ4n) is 3.27. The number of aromatic amines is 1. The van der Waals surface area contributed by atoms with Gasteiger partial charge in [-0.1, -0.05) is 13.8 Å². The molecule has 0 radical (unpaired) electrons. The minimum atomic E-state index is 0.0569. The van der Waals surface area contributed by atoms with Gasteiger partial charge in [0, 0.05) is 30.8 Å². The first-order chi connectivity index (χ1) is 9.15. The molecule has 1 aromatic heterocycles. The fourth-order valence-corrected chi connectivity index (χ4v) is 3.27. The average molecular weight is 263 g/mol. The first kappa shape index (κ1) is 12.7. The van der Waals surface area contributed by atoms with Crippen molar-refractivity contribution >= 4 is 5.91 Å². The van der Waals surface area contributed by atoms with Gasteiger partial charge in [0.1, 0.15) is 0 Å². The smallest absolute Gasteiger partial charge is 0.274 e. The van der Waals surface area contributed by atoms with Gasteiger partial charge in [-0.05, 0) is 18.3 Å². The highest BCUT2D eigenvalue weighted by molar-refractivity contribution is 5.94. The standard InChI is InChI=1S/C14H21N3O2/c1-9-5-10(2)7-17(6-9)14(18)13-11-8-19-4-3-12(11)15-16-13/h9-10H,3-8H2,1-2H3,(H,15,16). The maximum Gasteiger partial charge on any atom is 0.274 e. The lowest BCUT2D eigenvalue weighted by Gasteiger charge is -2.34. The number of hydrogen-bond donors (Lipinski definition) is 1. The van der Waals surface area contributed by atoms with Crippen molar-refractivity contribution in [2.75, 3.05) is 19.7 Å². The van der Waals surface area contributed by atoms with E-state index in [9.17, 15) is 4.79 Å². The molecule has 2 aliphatic rings. The van der Waals surface area contributed by atoms with Gasteiger partial charge in [0.25, 0.3) is 5.91 Å². The molecule has 0 aliphatic carbocycles. The third kappa shape index (κ3) is 2.39. The van der Waals surface area contributed by atoms with Gasteiger partial charge >= 0.3 is 0 Å². The molecule has 5 nitrogen and oxygen atoms in total. The highest BCUT2D eigenvalue weighted by Gasteiger charge is 2.30. The molecule has 3 rings (SSSR count). The van der Waals surface area contributed by atoms with E-state index in [1.54, 1.807) is 0 Å². The monoisotopic (exact) mass is 263 g/mol. The highest BCUT2D eigenvalue weighted by atomic mass is 16.5. The number of likely N-dealkylation sites (tertiary alicyclic amines) is 1. The first-order valence-electron chi connectivity index (χ1n) is 7.08. The van der Waals surface area contributed by atoms with Crippen LogP contribution in [0, 0.1) is 11.8 Å². The molecule has 0 saturated carbocycles. The van der Waals surface area contributed by atoms with E-state index in [-0.39, 0.29) is 5.91 Å². The Morgan fingerprint density at radius 1 is 1.37 bits per heavy atom. The van der Waals surface area contributed by atoms with Gasteiger partial charge in [0.15, 0.2) is 5.69 Å². The molecule has 104 valence electrons. The minimum Gasteiger partial charge on any atom is -0.376 e. The van der Waals surface area contributed by atoms with E-state index in [4.69, 9.17) is 4.74 Å². The largest absolute Gasteiger partial charge is 0.376 e. The number of aromatic nitrogens is 2. The normalized spacial score (nSPS) is 27.2. The van der Waals surface area contributed by atoms with Gasteiger partial charge in [-0.2, -0.15) is 5.10 Å². The number of ether oxygens (including phenoxy) is 1. The van der Waals surface area contributed by atoms with E-state index in [0.29, 0.717) is 30.7 Å². The van der Waals surface area contributed by atoms with E-state index in [0.717, 1.165) is 30.8 Å². The number of fused-ring (bicyclic) bond motifs is 1. The molecule has 2 atom stereocenters. The Bertz CT molecular complexity index is 473. The predicted octanol–water partition coefficient (Wildman–Crippen LogP) is 1.60. The van der Waals surface area contributed by atoms with Crippen LogP contribution in [0.15, 0.2) is 0 Å². The summed E-state index contributed by atoms with van der Waals surface area (Å²) < 4.78 is 5.44. The molecule has 1 N–H and O–H groups in total. The predicted molar refractivity (Wildman–Crippen MR) is 70.8 cm³/mol. The second-order valence-electron chi connectivity index (χ2n) is 5.99. The number of amides is 1. The number of carbonyl (C=O) groups excluding carboxylic acids is 1. The average Bonchev–Trinajstić information content (AvgIpc) is 2.80. The Hall–Kier alpha value is -1.36. The van der Waals surface area contributed by atoms with Crippen LogP contribution in [0.5, 0.6) is 0 Å². The van der Waals surface area contributed by atoms with Gasteiger partial charge in [-0.15, -0.1) is 0 Å².